The van der Waals surface area contributed by atoms with E-state index in [0.29, 0.717) is 17.8 Å². The summed E-state index contributed by atoms with van der Waals surface area (Å²) in [5.41, 5.74) is 1.03. The fraction of sp³-hybridized carbons (Fsp3) is 0.312. The fourth-order valence-corrected chi connectivity index (χ4v) is 2.69. The topological polar surface area (TPSA) is 76.0 Å². The standard InChI is InChI=1S/C16H17FN4O2/c17-11-2-3-12-13(9-15(22)20-14(12)8-11)16(23)19-4-1-6-21-7-5-18-10-21/h2-3,5,7-8,10,13H,1,4,6,9H2,(H,19,23)(H,20,22)/t13-/m0/s1. The van der Waals surface area contributed by atoms with E-state index in [4.69, 9.17) is 0 Å². The van der Waals surface area contributed by atoms with E-state index < -0.39 is 11.7 Å². The molecule has 3 rings (SSSR count). The molecular weight excluding hydrogens is 299 g/mol. The fourth-order valence-electron chi connectivity index (χ4n) is 2.69. The first-order valence-electron chi connectivity index (χ1n) is 7.46. The van der Waals surface area contributed by atoms with Gasteiger partial charge in [0.15, 0.2) is 0 Å². The lowest BCUT2D eigenvalue weighted by molar-refractivity contribution is -0.126. The zero-order valence-corrected chi connectivity index (χ0v) is 12.5. The number of carbonyl (C=O) groups is 2. The van der Waals surface area contributed by atoms with Gasteiger partial charge in [0, 0.05) is 37.6 Å². The molecule has 1 aromatic heterocycles. The molecule has 0 radical (unpaired) electrons. The number of nitrogens with zero attached hydrogens (tertiary/aromatic N) is 2. The number of hydrogen-bond donors (Lipinski definition) is 2. The van der Waals surface area contributed by atoms with Crippen LogP contribution in [0.3, 0.4) is 0 Å². The first-order chi connectivity index (χ1) is 11.1. The Hall–Kier alpha value is -2.70. The number of imidazole rings is 1. The van der Waals surface area contributed by atoms with Crippen molar-refractivity contribution in [1.82, 2.24) is 14.9 Å². The van der Waals surface area contributed by atoms with E-state index in [9.17, 15) is 14.0 Å². The molecule has 1 atom stereocenters. The molecule has 0 saturated heterocycles. The predicted molar refractivity (Wildman–Crippen MR) is 82.2 cm³/mol. The smallest absolute Gasteiger partial charge is 0.228 e. The molecule has 7 heteroatoms. The van der Waals surface area contributed by atoms with Crippen molar-refractivity contribution >= 4 is 17.5 Å². The van der Waals surface area contributed by atoms with Crippen molar-refractivity contribution in [1.29, 1.82) is 0 Å². The summed E-state index contributed by atoms with van der Waals surface area (Å²) in [5, 5.41) is 5.45. The van der Waals surface area contributed by atoms with Crippen LogP contribution in [0.2, 0.25) is 0 Å². The van der Waals surface area contributed by atoms with E-state index in [1.54, 1.807) is 18.6 Å². The lowest BCUT2D eigenvalue weighted by atomic mass is 9.89. The van der Waals surface area contributed by atoms with Gasteiger partial charge >= 0.3 is 0 Å². The van der Waals surface area contributed by atoms with Crippen molar-refractivity contribution in [3.8, 4) is 0 Å². The average Bonchev–Trinajstić information content (AvgIpc) is 3.03. The van der Waals surface area contributed by atoms with Crippen LogP contribution in [0.15, 0.2) is 36.9 Å². The van der Waals surface area contributed by atoms with E-state index in [-0.39, 0.29) is 18.2 Å². The maximum Gasteiger partial charge on any atom is 0.228 e. The Morgan fingerprint density at radius 3 is 3.13 bits per heavy atom. The van der Waals surface area contributed by atoms with Crippen LogP contribution in [0.4, 0.5) is 10.1 Å². The lowest BCUT2D eigenvalue weighted by Crippen LogP contribution is -2.35. The second-order valence-corrected chi connectivity index (χ2v) is 5.48. The second kappa shape index (κ2) is 6.60. The molecule has 0 saturated carbocycles. The van der Waals surface area contributed by atoms with Crippen molar-refractivity contribution in [2.45, 2.75) is 25.3 Å². The summed E-state index contributed by atoms with van der Waals surface area (Å²) < 4.78 is 15.2. The molecule has 23 heavy (non-hydrogen) atoms. The van der Waals surface area contributed by atoms with Crippen LogP contribution in [0.5, 0.6) is 0 Å². The third kappa shape index (κ3) is 3.56. The molecule has 1 aromatic carbocycles. The van der Waals surface area contributed by atoms with Crippen molar-refractivity contribution in [3.05, 3.63) is 48.3 Å². The van der Waals surface area contributed by atoms with Crippen molar-refractivity contribution in [2.75, 3.05) is 11.9 Å². The van der Waals surface area contributed by atoms with Gasteiger partial charge in [0.1, 0.15) is 5.82 Å². The molecule has 1 aliphatic rings. The maximum atomic E-state index is 13.3. The SMILES string of the molecule is O=C1C[C@H](C(=O)NCCCn2ccnc2)c2ccc(F)cc2N1. The minimum absolute atomic E-state index is 0.0754. The summed E-state index contributed by atoms with van der Waals surface area (Å²) in [5.74, 6) is -1.50. The molecule has 6 nitrogen and oxygen atoms in total. The minimum Gasteiger partial charge on any atom is -0.355 e. The third-order valence-electron chi connectivity index (χ3n) is 3.82. The maximum absolute atomic E-state index is 13.3. The third-order valence-corrected chi connectivity index (χ3v) is 3.82. The Labute approximate surface area is 132 Å². The van der Waals surface area contributed by atoms with Gasteiger partial charge in [0.25, 0.3) is 0 Å². The monoisotopic (exact) mass is 316 g/mol. The van der Waals surface area contributed by atoms with Gasteiger partial charge in [-0.2, -0.15) is 0 Å². The zero-order valence-electron chi connectivity index (χ0n) is 12.5. The Balaban J connectivity index is 1.60. The Bertz CT molecular complexity index is 715. The number of amides is 2. The number of aryl methyl sites for hydroxylation is 1. The summed E-state index contributed by atoms with van der Waals surface area (Å²) >= 11 is 0. The lowest BCUT2D eigenvalue weighted by Gasteiger charge is -2.24. The van der Waals surface area contributed by atoms with Crippen LogP contribution < -0.4 is 10.6 Å². The normalized spacial score (nSPS) is 16.6. The molecule has 0 spiro atoms. The molecule has 2 heterocycles. The molecule has 0 unspecified atom stereocenters. The van der Waals surface area contributed by atoms with E-state index in [1.165, 1.54) is 12.1 Å². The van der Waals surface area contributed by atoms with E-state index in [1.807, 2.05) is 10.8 Å². The largest absolute Gasteiger partial charge is 0.355 e. The van der Waals surface area contributed by atoms with Crippen LogP contribution in [0, 0.1) is 5.82 Å². The Morgan fingerprint density at radius 2 is 2.35 bits per heavy atom. The molecule has 0 aliphatic carbocycles. The van der Waals surface area contributed by atoms with Crippen molar-refractivity contribution in [2.24, 2.45) is 0 Å². The number of benzene rings is 1. The molecular formula is C16H17FN4O2. The number of carbonyl (C=O) groups excluding carboxylic acids is 2. The van der Waals surface area contributed by atoms with Crippen LogP contribution in [-0.4, -0.2) is 27.9 Å². The molecule has 2 aromatic rings. The van der Waals surface area contributed by atoms with Gasteiger partial charge in [0.05, 0.1) is 12.2 Å². The summed E-state index contributed by atoms with van der Waals surface area (Å²) in [4.78, 5) is 28.0. The van der Waals surface area contributed by atoms with Gasteiger partial charge in [-0.05, 0) is 24.1 Å². The number of fused-ring (bicyclic) bond motifs is 1. The molecule has 1 aliphatic heterocycles. The minimum atomic E-state index is -0.576. The van der Waals surface area contributed by atoms with Crippen molar-refractivity contribution in [3.63, 3.8) is 0 Å². The number of halogens is 1. The first-order valence-corrected chi connectivity index (χ1v) is 7.46. The summed E-state index contributed by atoms with van der Waals surface area (Å²) in [6.45, 7) is 1.26. The van der Waals surface area contributed by atoms with Crippen LogP contribution >= 0.6 is 0 Å². The molecule has 2 amide bonds. The summed E-state index contributed by atoms with van der Waals surface area (Å²) in [7, 11) is 0. The molecule has 2 N–H and O–H groups in total. The van der Waals surface area contributed by atoms with Gasteiger partial charge in [0.2, 0.25) is 11.8 Å². The van der Waals surface area contributed by atoms with E-state index >= 15 is 0 Å². The predicted octanol–water partition coefficient (Wildman–Crippen LogP) is 1.65. The number of aromatic nitrogens is 2. The molecule has 120 valence electrons. The van der Waals surface area contributed by atoms with Crippen LogP contribution in [0.1, 0.15) is 24.3 Å². The summed E-state index contributed by atoms with van der Waals surface area (Å²) in [6.07, 6.45) is 6.12. The van der Waals surface area contributed by atoms with Gasteiger partial charge in [-0.25, -0.2) is 9.37 Å². The van der Waals surface area contributed by atoms with Crippen LogP contribution in [0.25, 0.3) is 0 Å². The average molecular weight is 316 g/mol. The number of hydrogen-bond acceptors (Lipinski definition) is 3. The molecule has 0 bridgehead atoms. The second-order valence-electron chi connectivity index (χ2n) is 5.48. The number of nitrogens with one attached hydrogen (secondary N) is 2. The van der Waals surface area contributed by atoms with Gasteiger partial charge < -0.3 is 15.2 Å². The highest BCUT2D eigenvalue weighted by atomic mass is 19.1. The number of rotatable bonds is 5. The highest BCUT2D eigenvalue weighted by Crippen LogP contribution is 2.32. The van der Waals surface area contributed by atoms with Gasteiger partial charge in [-0.1, -0.05) is 6.07 Å². The Kier molecular flexibility index (Phi) is 4.36. The summed E-state index contributed by atoms with van der Waals surface area (Å²) in [6, 6.07) is 4.10. The van der Waals surface area contributed by atoms with E-state index in [0.717, 1.165) is 13.0 Å². The highest BCUT2D eigenvalue weighted by Gasteiger charge is 2.30. The first kappa shape index (κ1) is 15.2. The van der Waals surface area contributed by atoms with Gasteiger partial charge in [-0.15, -0.1) is 0 Å². The van der Waals surface area contributed by atoms with E-state index in [2.05, 4.69) is 15.6 Å². The zero-order chi connectivity index (χ0) is 16.2. The quantitative estimate of drug-likeness (QED) is 0.824. The van der Waals surface area contributed by atoms with Crippen LogP contribution in [-0.2, 0) is 16.1 Å². The highest BCUT2D eigenvalue weighted by molar-refractivity contribution is 6.01. The van der Waals surface area contributed by atoms with Crippen molar-refractivity contribution < 1.29 is 14.0 Å². The molecule has 0 fully saturated rings. The Morgan fingerprint density at radius 1 is 1.48 bits per heavy atom. The van der Waals surface area contributed by atoms with Gasteiger partial charge in [-0.3, -0.25) is 9.59 Å². The number of anilines is 1.